The zero-order chi connectivity index (χ0) is 21.3. The van der Waals surface area contributed by atoms with Crippen molar-refractivity contribution in [2.75, 3.05) is 30.3 Å². The van der Waals surface area contributed by atoms with E-state index in [1.165, 1.54) is 15.9 Å². The predicted octanol–water partition coefficient (Wildman–Crippen LogP) is 3.40. The van der Waals surface area contributed by atoms with Crippen LogP contribution in [0.4, 0.5) is 5.69 Å². The summed E-state index contributed by atoms with van der Waals surface area (Å²) in [6, 6.07) is 14.4. The van der Waals surface area contributed by atoms with Crippen LogP contribution in [-0.4, -0.2) is 40.3 Å². The number of amides is 1. The molecule has 29 heavy (non-hydrogen) atoms. The van der Waals surface area contributed by atoms with Crippen molar-refractivity contribution < 1.29 is 17.9 Å². The fourth-order valence-corrected chi connectivity index (χ4v) is 3.69. The highest BCUT2D eigenvalue weighted by molar-refractivity contribution is 7.92. The lowest BCUT2D eigenvalue weighted by atomic mass is 10.1. The summed E-state index contributed by atoms with van der Waals surface area (Å²) in [6.07, 6.45) is 4.80. The number of aryl methyl sites for hydroxylation is 1. The first kappa shape index (κ1) is 22.5. The monoisotopic (exact) mass is 416 g/mol. The maximum Gasteiger partial charge on any atom is 0.251 e. The smallest absolute Gasteiger partial charge is 0.251 e. The van der Waals surface area contributed by atoms with Gasteiger partial charge in [0.2, 0.25) is 10.0 Å². The van der Waals surface area contributed by atoms with Gasteiger partial charge in [0.25, 0.3) is 5.91 Å². The lowest BCUT2D eigenvalue weighted by Gasteiger charge is -2.20. The van der Waals surface area contributed by atoms with Crippen LogP contribution in [0, 0.1) is 0 Å². The van der Waals surface area contributed by atoms with Crippen LogP contribution >= 0.6 is 0 Å². The van der Waals surface area contributed by atoms with Crippen molar-refractivity contribution in [2.45, 2.75) is 19.8 Å². The summed E-state index contributed by atoms with van der Waals surface area (Å²) >= 11 is 0. The van der Waals surface area contributed by atoms with E-state index in [1.54, 1.807) is 24.3 Å². The van der Waals surface area contributed by atoms with Crippen LogP contribution < -0.4 is 14.4 Å². The summed E-state index contributed by atoms with van der Waals surface area (Å²) in [5.41, 5.74) is 2.21. The van der Waals surface area contributed by atoms with E-state index in [0.29, 0.717) is 24.4 Å². The van der Waals surface area contributed by atoms with Crippen molar-refractivity contribution in [3.8, 4) is 5.75 Å². The zero-order valence-corrected chi connectivity index (χ0v) is 17.7. The molecule has 1 N–H and O–H groups in total. The molecule has 2 aromatic carbocycles. The Morgan fingerprint density at radius 3 is 2.34 bits per heavy atom. The first-order valence-corrected chi connectivity index (χ1v) is 11.4. The molecule has 0 aromatic heterocycles. The second-order valence-electron chi connectivity index (χ2n) is 6.63. The fraction of sp³-hybridized carbons (Fsp3) is 0.318. The minimum Gasteiger partial charge on any atom is -0.492 e. The number of benzene rings is 2. The highest BCUT2D eigenvalue weighted by atomic mass is 32.2. The zero-order valence-electron chi connectivity index (χ0n) is 16.9. The van der Waals surface area contributed by atoms with E-state index in [1.807, 2.05) is 24.3 Å². The van der Waals surface area contributed by atoms with E-state index in [-0.39, 0.29) is 12.5 Å². The number of hydrogen-bond acceptors (Lipinski definition) is 4. The number of carbonyl (C=O) groups is 1. The Hall–Kier alpha value is -2.80. The molecular formula is C22H28N2O4S. The van der Waals surface area contributed by atoms with E-state index in [2.05, 4.69) is 18.8 Å². The second kappa shape index (κ2) is 10.7. The van der Waals surface area contributed by atoms with E-state index in [0.717, 1.165) is 24.8 Å². The van der Waals surface area contributed by atoms with E-state index < -0.39 is 10.0 Å². The van der Waals surface area contributed by atoms with Crippen LogP contribution in [0.15, 0.2) is 61.2 Å². The van der Waals surface area contributed by atoms with Gasteiger partial charge in [0.1, 0.15) is 12.4 Å². The van der Waals surface area contributed by atoms with Crippen molar-refractivity contribution in [3.63, 3.8) is 0 Å². The standard InChI is InChI=1S/C22H28N2O4S/c1-4-6-18-7-13-21(14-8-18)28-17-15-23-22(25)19-9-11-20(12-10-19)24(16-5-2)29(3,26)27/h5,7-14H,2,4,6,15-17H2,1,3H3,(H,23,25). The Bertz CT molecular complexity index is 907. The molecule has 0 radical (unpaired) electrons. The maximum absolute atomic E-state index is 12.3. The molecule has 2 aromatic rings. The molecule has 0 atom stereocenters. The summed E-state index contributed by atoms with van der Waals surface area (Å²) < 4.78 is 30.6. The molecule has 0 bridgehead atoms. The molecule has 0 fully saturated rings. The quantitative estimate of drug-likeness (QED) is 0.450. The van der Waals surface area contributed by atoms with Crippen molar-refractivity contribution in [1.29, 1.82) is 0 Å². The fourth-order valence-electron chi connectivity index (χ4n) is 2.81. The molecule has 0 spiro atoms. The van der Waals surface area contributed by atoms with Crippen LogP contribution in [-0.2, 0) is 16.4 Å². The van der Waals surface area contributed by atoms with E-state index in [4.69, 9.17) is 4.74 Å². The van der Waals surface area contributed by atoms with Gasteiger partial charge in [-0.2, -0.15) is 0 Å². The first-order chi connectivity index (χ1) is 13.8. The number of anilines is 1. The summed E-state index contributed by atoms with van der Waals surface area (Å²) in [5, 5.41) is 2.79. The minimum absolute atomic E-state index is 0.168. The summed E-state index contributed by atoms with van der Waals surface area (Å²) in [7, 11) is -3.42. The largest absolute Gasteiger partial charge is 0.492 e. The number of hydrogen-bond donors (Lipinski definition) is 1. The van der Waals surface area contributed by atoms with Gasteiger partial charge in [-0.15, -0.1) is 6.58 Å². The molecule has 0 saturated carbocycles. The molecule has 0 unspecified atom stereocenters. The van der Waals surface area contributed by atoms with Gasteiger partial charge in [-0.05, 0) is 48.4 Å². The Kier molecular flexibility index (Phi) is 8.27. The molecular weight excluding hydrogens is 388 g/mol. The van der Waals surface area contributed by atoms with Crippen molar-refractivity contribution >= 4 is 21.6 Å². The molecule has 1 amide bonds. The third-order valence-electron chi connectivity index (χ3n) is 4.23. The van der Waals surface area contributed by atoms with Gasteiger partial charge in [-0.3, -0.25) is 9.10 Å². The number of ether oxygens (including phenoxy) is 1. The van der Waals surface area contributed by atoms with Crippen LogP contribution in [0.5, 0.6) is 5.75 Å². The molecule has 7 heteroatoms. The highest BCUT2D eigenvalue weighted by Crippen LogP contribution is 2.18. The summed E-state index contributed by atoms with van der Waals surface area (Å²) in [4.78, 5) is 12.3. The third-order valence-corrected chi connectivity index (χ3v) is 5.39. The predicted molar refractivity (Wildman–Crippen MR) is 117 cm³/mol. The highest BCUT2D eigenvalue weighted by Gasteiger charge is 2.16. The SMILES string of the molecule is C=CCN(c1ccc(C(=O)NCCOc2ccc(CCC)cc2)cc1)S(C)(=O)=O. The molecule has 156 valence electrons. The lowest BCUT2D eigenvalue weighted by Crippen LogP contribution is -2.30. The second-order valence-corrected chi connectivity index (χ2v) is 8.53. The van der Waals surface area contributed by atoms with Crippen LogP contribution in [0.3, 0.4) is 0 Å². The molecule has 0 aliphatic heterocycles. The Morgan fingerprint density at radius 1 is 1.14 bits per heavy atom. The number of nitrogens with zero attached hydrogens (tertiary/aromatic N) is 1. The first-order valence-electron chi connectivity index (χ1n) is 9.53. The summed E-state index contributed by atoms with van der Waals surface area (Å²) in [5.74, 6) is 0.527. The Labute approximate surface area is 173 Å². The van der Waals surface area contributed by atoms with Gasteiger partial charge in [-0.25, -0.2) is 8.42 Å². The number of rotatable bonds is 11. The lowest BCUT2D eigenvalue weighted by molar-refractivity contribution is 0.0947. The number of carbonyl (C=O) groups excluding carboxylic acids is 1. The average molecular weight is 417 g/mol. The summed E-state index contributed by atoms with van der Waals surface area (Å²) in [6.45, 7) is 6.61. The van der Waals surface area contributed by atoms with Crippen molar-refractivity contribution in [3.05, 3.63) is 72.3 Å². The van der Waals surface area contributed by atoms with Crippen LogP contribution in [0.25, 0.3) is 0 Å². The van der Waals surface area contributed by atoms with E-state index in [9.17, 15) is 13.2 Å². The van der Waals surface area contributed by atoms with Crippen molar-refractivity contribution in [1.82, 2.24) is 5.32 Å². The molecule has 0 heterocycles. The molecule has 0 saturated heterocycles. The van der Waals surface area contributed by atoms with Gasteiger partial charge < -0.3 is 10.1 Å². The Balaban J connectivity index is 1.85. The topological polar surface area (TPSA) is 75.7 Å². The average Bonchev–Trinajstić information content (AvgIpc) is 2.70. The molecule has 6 nitrogen and oxygen atoms in total. The Morgan fingerprint density at radius 2 is 1.79 bits per heavy atom. The maximum atomic E-state index is 12.3. The normalized spacial score (nSPS) is 11.0. The number of sulfonamides is 1. The minimum atomic E-state index is -3.42. The van der Waals surface area contributed by atoms with Gasteiger partial charge in [0, 0.05) is 5.56 Å². The van der Waals surface area contributed by atoms with Crippen molar-refractivity contribution in [2.24, 2.45) is 0 Å². The molecule has 2 rings (SSSR count). The van der Waals surface area contributed by atoms with Gasteiger partial charge in [-0.1, -0.05) is 31.6 Å². The number of nitrogens with one attached hydrogen (secondary N) is 1. The van der Waals surface area contributed by atoms with Gasteiger partial charge in [0.15, 0.2) is 0 Å². The molecule has 0 aliphatic carbocycles. The van der Waals surface area contributed by atoms with Gasteiger partial charge in [0.05, 0.1) is 25.0 Å². The molecule has 0 aliphatic rings. The van der Waals surface area contributed by atoms with E-state index >= 15 is 0 Å². The third kappa shape index (κ3) is 6.94. The van der Waals surface area contributed by atoms with Gasteiger partial charge >= 0.3 is 0 Å². The van der Waals surface area contributed by atoms with Crippen LogP contribution in [0.2, 0.25) is 0 Å². The van der Waals surface area contributed by atoms with Crippen LogP contribution in [0.1, 0.15) is 29.3 Å².